The Kier molecular flexibility index (Phi) is 8.93. The maximum absolute atomic E-state index is 10.9. The lowest BCUT2D eigenvalue weighted by atomic mass is 10.2. The molecule has 0 spiro atoms. The van der Waals surface area contributed by atoms with E-state index in [0.717, 1.165) is 29.1 Å². The normalized spacial score (nSPS) is 13.9. The van der Waals surface area contributed by atoms with E-state index in [-0.39, 0.29) is 6.61 Å². The van der Waals surface area contributed by atoms with Crippen LogP contribution < -0.4 is 9.47 Å². The molecule has 1 N–H and O–H groups in total. The molecule has 7 nitrogen and oxygen atoms in total. The fourth-order valence-corrected chi connectivity index (χ4v) is 4.71. The van der Waals surface area contributed by atoms with Crippen molar-refractivity contribution in [3.63, 3.8) is 0 Å². The molecular formula is C32H37N3O4. The summed E-state index contributed by atoms with van der Waals surface area (Å²) in [6.07, 6.45) is 1.85. The summed E-state index contributed by atoms with van der Waals surface area (Å²) in [5.41, 5.74) is 3.89. The van der Waals surface area contributed by atoms with E-state index in [1.54, 1.807) is 7.11 Å². The highest BCUT2D eigenvalue weighted by atomic mass is 16.5. The molecule has 1 aliphatic rings. The van der Waals surface area contributed by atoms with Gasteiger partial charge in [-0.05, 0) is 55.5 Å². The van der Waals surface area contributed by atoms with E-state index in [1.165, 1.54) is 12.8 Å². The van der Waals surface area contributed by atoms with Gasteiger partial charge >= 0.3 is 0 Å². The predicted molar refractivity (Wildman–Crippen MR) is 151 cm³/mol. The number of rotatable bonds is 14. The predicted octanol–water partition coefficient (Wildman–Crippen LogP) is 5.77. The summed E-state index contributed by atoms with van der Waals surface area (Å²) < 4.78 is 19.8. The van der Waals surface area contributed by atoms with Crippen LogP contribution in [0, 0.1) is 12.8 Å². The van der Waals surface area contributed by atoms with Crippen LogP contribution in [0.25, 0.3) is 5.69 Å². The Morgan fingerprint density at radius 2 is 1.62 bits per heavy atom. The van der Waals surface area contributed by atoms with Crippen LogP contribution >= 0.6 is 0 Å². The molecule has 5 rings (SSSR count). The van der Waals surface area contributed by atoms with Crippen molar-refractivity contribution in [2.75, 3.05) is 26.8 Å². The van der Waals surface area contributed by atoms with Crippen molar-refractivity contribution in [3.8, 4) is 23.1 Å². The second-order valence-corrected chi connectivity index (χ2v) is 10.2. The second kappa shape index (κ2) is 12.9. The first-order valence-corrected chi connectivity index (χ1v) is 13.6. The van der Waals surface area contributed by atoms with Gasteiger partial charge in [0.2, 0.25) is 5.88 Å². The number of aliphatic hydroxyl groups excluding tert-OH is 1. The molecule has 0 amide bonds. The number of methoxy groups -OCH3 is 1. The summed E-state index contributed by atoms with van der Waals surface area (Å²) in [7, 11) is 1.64. The lowest BCUT2D eigenvalue weighted by molar-refractivity contribution is 0.00769. The highest BCUT2D eigenvalue weighted by Gasteiger charge is 2.28. The molecule has 39 heavy (non-hydrogen) atoms. The van der Waals surface area contributed by atoms with Gasteiger partial charge in [-0.1, -0.05) is 60.7 Å². The minimum Gasteiger partial charge on any atom is -0.493 e. The number of nitrogens with zero attached hydrogens (tertiary/aromatic N) is 3. The Bertz CT molecular complexity index is 1320. The van der Waals surface area contributed by atoms with Crippen molar-refractivity contribution in [1.29, 1.82) is 0 Å². The van der Waals surface area contributed by atoms with E-state index >= 15 is 0 Å². The molecule has 0 radical (unpaired) electrons. The zero-order valence-corrected chi connectivity index (χ0v) is 22.7. The van der Waals surface area contributed by atoms with E-state index in [1.807, 2.05) is 96.5 Å². The molecule has 0 unspecified atom stereocenters. The van der Waals surface area contributed by atoms with Gasteiger partial charge in [0.1, 0.15) is 0 Å². The number of aryl methyl sites for hydroxylation is 1. The standard InChI is InChI=1S/C32H37N3O4/c1-24-29(21-34(19-25-17-18-25)20-28(36)23-38-22-26-11-5-3-6-12-26)32(35(33-24)27-13-7-4-8-14-27)39-31-16-10-9-15-30(31)37-2/h3-16,25,28,36H,17-23H2,1-2H3/t28-/m0/s1. The van der Waals surface area contributed by atoms with Crippen molar-refractivity contribution in [1.82, 2.24) is 14.7 Å². The van der Waals surface area contributed by atoms with Gasteiger partial charge in [-0.3, -0.25) is 4.90 Å². The lowest BCUT2D eigenvalue weighted by Crippen LogP contribution is -2.36. The zero-order valence-electron chi connectivity index (χ0n) is 22.7. The minimum atomic E-state index is -0.601. The lowest BCUT2D eigenvalue weighted by Gasteiger charge is -2.25. The van der Waals surface area contributed by atoms with Crippen LogP contribution in [-0.2, 0) is 17.9 Å². The molecular weight excluding hydrogens is 490 g/mol. The molecule has 204 valence electrons. The van der Waals surface area contributed by atoms with Gasteiger partial charge in [0.25, 0.3) is 0 Å². The zero-order chi connectivity index (χ0) is 27.0. The van der Waals surface area contributed by atoms with Crippen molar-refractivity contribution in [3.05, 3.63) is 102 Å². The van der Waals surface area contributed by atoms with Crippen LogP contribution in [0.4, 0.5) is 0 Å². The summed E-state index contributed by atoms with van der Waals surface area (Å²) in [5.74, 6) is 2.59. The summed E-state index contributed by atoms with van der Waals surface area (Å²) in [6, 6.07) is 27.7. The van der Waals surface area contributed by atoms with Crippen molar-refractivity contribution < 1.29 is 19.3 Å². The summed E-state index contributed by atoms with van der Waals surface area (Å²) in [6.45, 7) is 4.81. The number of ether oxygens (including phenoxy) is 3. The van der Waals surface area contributed by atoms with Gasteiger partial charge in [0.15, 0.2) is 11.5 Å². The van der Waals surface area contributed by atoms with Gasteiger partial charge in [0.05, 0.1) is 43.4 Å². The number of hydrogen-bond donors (Lipinski definition) is 1. The number of hydrogen-bond acceptors (Lipinski definition) is 6. The molecule has 1 saturated carbocycles. The third-order valence-corrected chi connectivity index (χ3v) is 6.90. The summed E-state index contributed by atoms with van der Waals surface area (Å²) in [5, 5.41) is 15.8. The SMILES string of the molecule is COc1ccccc1Oc1c(CN(CC2CC2)C[C@H](O)COCc2ccccc2)c(C)nn1-c1ccccc1. The molecule has 1 atom stereocenters. The Labute approximate surface area is 230 Å². The summed E-state index contributed by atoms with van der Waals surface area (Å²) in [4.78, 5) is 2.31. The molecule has 3 aromatic carbocycles. The monoisotopic (exact) mass is 527 g/mol. The van der Waals surface area contributed by atoms with E-state index in [2.05, 4.69) is 4.90 Å². The molecule has 1 aromatic heterocycles. The average molecular weight is 528 g/mol. The second-order valence-electron chi connectivity index (χ2n) is 10.2. The van der Waals surface area contributed by atoms with Gasteiger partial charge in [-0.2, -0.15) is 5.10 Å². The van der Waals surface area contributed by atoms with Gasteiger partial charge in [0, 0.05) is 19.6 Å². The van der Waals surface area contributed by atoms with Crippen LogP contribution in [0.5, 0.6) is 17.4 Å². The Balaban J connectivity index is 1.37. The Hall–Kier alpha value is -3.65. The van der Waals surface area contributed by atoms with Crippen molar-refractivity contribution in [2.45, 2.75) is 39.0 Å². The highest BCUT2D eigenvalue weighted by Crippen LogP contribution is 2.37. The number of aliphatic hydroxyl groups is 1. The van der Waals surface area contributed by atoms with Crippen LogP contribution in [-0.4, -0.2) is 52.7 Å². The Morgan fingerprint density at radius 1 is 0.949 bits per heavy atom. The Morgan fingerprint density at radius 3 is 2.31 bits per heavy atom. The fourth-order valence-electron chi connectivity index (χ4n) is 4.71. The fraction of sp³-hybridized carbons (Fsp3) is 0.344. The highest BCUT2D eigenvalue weighted by molar-refractivity contribution is 5.47. The number of benzene rings is 3. The van der Waals surface area contributed by atoms with E-state index in [0.29, 0.717) is 43.0 Å². The molecule has 1 aliphatic carbocycles. The van der Waals surface area contributed by atoms with Crippen molar-refractivity contribution >= 4 is 0 Å². The van der Waals surface area contributed by atoms with Gasteiger partial charge < -0.3 is 19.3 Å². The molecule has 0 aliphatic heterocycles. The molecule has 7 heteroatoms. The van der Waals surface area contributed by atoms with Gasteiger partial charge in [-0.15, -0.1) is 0 Å². The molecule has 1 heterocycles. The molecule has 4 aromatic rings. The first kappa shape index (κ1) is 26.9. The van der Waals surface area contributed by atoms with Crippen molar-refractivity contribution in [2.24, 2.45) is 5.92 Å². The van der Waals surface area contributed by atoms with Crippen LogP contribution in [0.2, 0.25) is 0 Å². The number of para-hydroxylation sites is 3. The first-order valence-electron chi connectivity index (χ1n) is 13.6. The maximum atomic E-state index is 10.9. The molecule has 0 saturated heterocycles. The number of aromatic nitrogens is 2. The molecule has 0 bridgehead atoms. The van der Waals surface area contributed by atoms with E-state index in [9.17, 15) is 5.11 Å². The summed E-state index contributed by atoms with van der Waals surface area (Å²) >= 11 is 0. The third-order valence-electron chi connectivity index (χ3n) is 6.90. The molecule has 1 fully saturated rings. The topological polar surface area (TPSA) is 69.0 Å². The van der Waals surface area contributed by atoms with Crippen LogP contribution in [0.1, 0.15) is 29.7 Å². The maximum Gasteiger partial charge on any atom is 0.227 e. The first-order chi connectivity index (χ1) is 19.1. The largest absolute Gasteiger partial charge is 0.493 e. The smallest absolute Gasteiger partial charge is 0.227 e. The quantitative estimate of drug-likeness (QED) is 0.225. The van der Waals surface area contributed by atoms with Gasteiger partial charge in [-0.25, -0.2) is 4.68 Å². The minimum absolute atomic E-state index is 0.281. The van der Waals surface area contributed by atoms with E-state index in [4.69, 9.17) is 19.3 Å². The average Bonchev–Trinajstić information content (AvgIpc) is 3.73. The van der Waals surface area contributed by atoms with Crippen LogP contribution in [0.3, 0.4) is 0 Å². The third kappa shape index (κ3) is 7.26. The van der Waals surface area contributed by atoms with Crippen LogP contribution in [0.15, 0.2) is 84.9 Å². The van der Waals surface area contributed by atoms with E-state index < -0.39 is 6.10 Å².